The van der Waals surface area contributed by atoms with Crippen molar-refractivity contribution in [2.24, 2.45) is 5.41 Å². The molecule has 0 atom stereocenters. The van der Waals surface area contributed by atoms with Gasteiger partial charge in [-0.15, -0.1) is 0 Å². The van der Waals surface area contributed by atoms with Gasteiger partial charge in [0, 0.05) is 28.8 Å². The summed E-state index contributed by atoms with van der Waals surface area (Å²) in [6.07, 6.45) is 6.31. The van der Waals surface area contributed by atoms with E-state index in [1.807, 2.05) is 56.3 Å². The molecule has 0 radical (unpaired) electrons. The van der Waals surface area contributed by atoms with Gasteiger partial charge in [0.1, 0.15) is 17.5 Å². The molecule has 4 aromatic rings. The molecular weight excluding hydrogens is 452 g/mol. The van der Waals surface area contributed by atoms with Gasteiger partial charge in [0.25, 0.3) is 0 Å². The number of benzene rings is 1. The summed E-state index contributed by atoms with van der Waals surface area (Å²) in [5, 5.41) is 14.3. The summed E-state index contributed by atoms with van der Waals surface area (Å²) in [5.41, 5.74) is 11.1. The van der Waals surface area contributed by atoms with E-state index in [2.05, 4.69) is 16.2 Å². The number of nitrogen functional groups attached to an aromatic ring is 1. The molecule has 8 heteroatoms. The van der Waals surface area contributed by atoms with Crippen molar-refractivity contribution in [2.45, 2.75) is 45.4 Å². The number of carbonyl (C=O) groups excluding carboxylic acids is 1. The zero-order chi connectivity index (χ0) is 25.3. The smallest absolute Gasteiger partial charge is 0.311 e. The molecule has 0 amide bonds. The Hall–Kier alpha value is -4.25. The number of nitrogens with zero attached hydrogens (tertiary/aromatic N) is 5. The van der Waals surface area contributed by atoms with Gasteiger partial charge in [-0.3, -0.25) is 9.78 Å². The second-order valence-corrected chi connectivity index (χ2v) is 9.52. The van der Waals surface area contributed by atoms with E-state index in [0.717, 1.165) is 35.2 Å². The monoisotopic (exact) mass is 480 g/mol. The van der Waals surface area contributed by atoms with Crippen LogP contribution >= 0.6 is 0 Å². The van der Waals surface area contributed by atoms with Crippen LogP contribution in [0.3, 0.4) is 0 Å². The van der Waals surface area contributed by atoms with Crippen molar-refractivity contribution in [3.05, 3.63) is 66.1 Å². The Morgan fingerprint density at radius 1 is 1.17 bits per heavy atom. The highest BCUT2D eigenvalue weighted by atomic mass is 16.5. The third-order valence-corrected chi connectivity index (χ3v) is 7.21. The fourth-order valence-corrected chi connectivity index (χ4v) is 5.02. The highest BCUT2D eigenvalue weighted by Gasteiger charge is 2.40. The molecule has 0 aliphatic heterocycles. The van der Waals surface area contributed by atoms with Crippen molar-refractivity contribution in [1.29, 1.82) is 5.26 Å². The summed E-state index contributed by atoms with van der Waals surface area (Å²) >= 11 is 0. The van der Waals surface area contributed by atoms with E-state index in [-0.39, 0.29) is 17.7 Å². The van der Waals surface area contributed by atoms with E-state index in [4.69, 9.17) is 15.5 Å². The molecule has 5 rings (SSSR count). The van der Waals surface area contributed by atoms with Gasteiger partial charge in [-0.2, -0.15) is 14.9 Å². The summed E-state index contributed by atoms with van der Waals surface area (Å²) in [6, 6.07) is 16.2. The number of carbonyl (C=O) groups is 1. The Bertz CT molecular complexity index is 1450. The van der Waals surface area contributed by atoms with E-state index in [9.17, 15) is 10.1 Å². The molecule has 1 fully saturated rings. The van der Waals surface area contributed by atoms with Crippen LogP contribution in [0.2, 0.25) is 0 Å². The van der Waals surface area contributed by atoms with Gasteiger partial charge in [0.05, 0.1) is 29.6 Å². The first-order valence-electron chi connectivity index (χ1n) is 12.2. The normalized spacial score (nSPS) is 19.6. The van der Waals surface area contributed by atoms with Crippen LogP contribution in [0.25, 0.3) is 28.0 Å². The molecular formula is C28H28N6O2. The predicted molar refractivity (Wildman–Crippen MR) is 137 cm³/mol. The molecule has 1 aliphatic rings. The largest absolute Gasteiger partial charge is 0.466 e. The third-order valence-electron chi connectivity index (χ3n) is 7.21. The maximum absolute atomic E-state index is 12.5. The molecule has 2 N–H and O–H groups in total. The van der Waals surface area contributed by atoms with Crippen LogP contribution in [0.5, 0.6) is 0 Å². The van der Waals surface area contributed by atoms with Gasteiger partial charge >= 0.3 is 5.97 Å². The number of nitrogens with two attached hydrogens (primary N) is 1. The van der Waals surface area contributed by atoms with Crippen molar-refractivity contribution in [2.75, 3.05) is 12.3 Å². The minimum atomic E-state index is -0.511. The number of esters is 1. The van der Waals surface area contributed by atoms with Gasteiger partial charge in [-0.05, 0) is 45.6 Å². The molecule has 3 aromatic heterocycles. The molecule has 0 saturated heterocycles. The standard InChI is InChI=1S/C28H28N6O2/c1-3-36-27(35)28(2)13-11-19(12-14-28)24-21(15-29)25(30)34-26(33-24)22(17-32-34)20-9-10-23(31-16-20)18-7-5-4-6-8-18/h4-10,16-17,19H,3,11-14,30H2,1-2H3. The lowest BCUT2D eigenvalue weighted by Gasteiger charge is -2.35. The molecule has 1 aliphatic carbocycles. The second kappa shape index (κ2) is 9.42. The Balaban J connectivity index is 1.49. The summed E-state index contributed by atoms with van der Waals surface area (Å²) in [4.78, 5) is 22.0. The van der Waals surface area contributed by atoms with E-state index < -0.39 is 5.41 Å². The average molecular weight is 481 g/mol. The Morgan fingerprint density at radius 3 is 2.56 bits per heavy atom. The number of hydrogen-bond acceptors (Lipinski definition) is 7. The molecule has 1 aromatic carbocycles. The minimum absolute atomic E-state index is 0.0239. The lowest BCUT2D eigenvalue weighted by Crippen LogP contribution is -2.34. The summed E-state index contributed by atoms with van der Waals surface area (Å²) in [5.74, 6) is 0.142. The first-order valence-corrected chi connectivity index (χ1v) is 12.2. The quantitative estimate of drug-likeness (QED) is 0.393. The van der Waals surface area contributed by atoms with Crippen molar-refractivity contribution < 1.29 is 9.53 Å². The molecule has 0 unspecified atom stereocenters. The van der Waals surface area contributed by atoms with Crippen LogP contribution in [0.4, 0.5) is 5.82 Å². The molecule has 1 saturated carbocycles. The summed E-state index contributed by atoms with van der Waals surface area (Å²) < 4.78 is 6.82. The molecule has 3 heterocycles. The van der Waals surface area contributed by atoms with Crippen LogP contribution in [-0.4, -0.2) is 32.2 Å². The van der Waals surface area contributed by atoms with E-state index >= 15 is 0 Å². The number of fused-ring (bicyclic) bond motifs is 1. The Labute approximate surface area is 209 Å². The van der Waals surface area contributed by atoms with Gasteiger partial charge in [0.15, 0.2) is 5.65 Å². The number of anilines is 1. The zero-order valence-corrected chi connectivity index (χ0v) is 20.4. The highest BCUT2D eigenvalue weighted by molar-refractivity contribution is 5.80. The third kappa shape index (κ3) is 4.07. The average Bonchev–Trinajstić information content (AvgIpc) is 3.34. The van der Waals surface area contributed by atoms with Crippen molar-refractivity contribution >= 4 is 17.4 Å². The second-order valence-electron chi connectivity index (χ2n) is 9.52. The van der Waals surface area contributed by atoms with Gasteiger partial charge in [-0.1, -0.05) is 36.4 Å². The maximum atomic E-state index is 12.5. The number of pyridine rings is 1. The maximum Gasteiger partial charge on any atom is 0.311 e. The Kier molecular flexibility index (Phi) is 6.15. The lowest BCUT2D eigenvalue weighted by molar-refractivity contribution is -0.156. The molecule has 36 heavy (non-hydrogen) atoms. The van der Waals surface area contributed by atoms with E-state index in [1.54, 1.807) is 12.4 Å². The van der Waals surface area contributed by atoms with Crippen molar-refractivity contribution in [3.8, 4) is 28.5 Å². The van der Waals surface area contributed by atoms with Gasteiger partial charge in [-0.25, -0.2) is 4.98 Å². The fraction of sp³-hybridized carbons (Fsp3) is 0.321. The first-order chi connectivity index (χ1) is 17.4. The summed E-state index contributed by atoms with van der Waals surface area (Å²) in [7, 11) is 0. The number of ether oxygens (including phenoxy) is 1. The number of nitriles is 1. The molecule has 0 bridgehead atoms. The number of hydrogen-bond donors (Lipinski definition) is 1. The predicted octanol–water partition coefficient (Wildman–Crippen LogP) is 5.14. The molecule has 8 nitrogen and oxygen atoms in total. The van der Waals surface area contributed by atoms with Crippen LogP contribution in [0, 0.1) is 16.7 Å². The Morgan fingerprint density at radius 2 is 1.92 bits per heavy atom. The van der Waals surface area contributed by atoms with Gasteiger partial charge < -0.3 is 10.5 Å². The van der Waals surface area contributed by atoms with Crippen LogP contribution in [0.1, 0.15) is 56.7 Å². The number of rotatable bonds is 5. The highest BCUT2D eigenvalue weighted by Crippen LogP contribution is 2.44. The SMILES string of the molecule is CCOC(=O)C1(C)CCC(c2nc3c(-c4ccc(-c5ccccc5)nc4)cnn3c(N)c2C#N)CC1. The van der Waals surface area contributed by atoms with Crippen molar-refractivity contribution in [1.82, 2.24) is 19.6 Å². The van der Waals surface area contributed by atoms with Crippen LogP contribution < -0.4 is 5.73 Å². The van der Waals surface area contributed by atoms with Gasteiger partial charge in [0.2, 0.25) is 0 Å². The summed E-state index contributed by atoms with van der Waals surface area (Å²) in [6.45, 7) is 4.15. The molecule has 182 valence electrons. The van der Waals surface area contributed by atoms with E-state index in [0.29, 0.717) is 36.4 Å². The van der Waals surface area contributed by atoms with E-state index in [1.165, 1.54) is 4.52 Å². The topological polar surface area (TPSA) is 119 Å². The van der Waals surface area contributed by atoms with Crippen molar-refractivity contribution in [3.63, 3.8) is 0 Å². The first kappa shape index (κ1) is 23.5. The fourth-order valence-electron chi connectivity index (χ4n) is 5.02. The van der Waals surface area contributed by atoms with Crippen LogP contribution in [0.15, 0.2) is 54.9 Å². The van der Waals surface area contributed by atoms with Crippen LogP contribution in [-0.2, 0) is 9.53 Å². The zero-order valence-electron chi connectivity index (χ0n) is 20.4. The number of aromatic nitrogens is 4. The molecule has 0 spiro atoms. The lowest BCUT2D eigenvalue weighted by atomic mass is 9.70. The minimum Gasteiger partial charge on any atom is -0.466 e.